The standard InChI is InChI=1S/C16H17NO4/c1-19-16(18)17-11-3-5-12(13(17)6-4-11)10-2-7-14-15(8-10)21-9-20-14/h2-3,5,7-8,11-13H,4,6,9H2,1H3/t11-,12-,13-/m0/s1. The highest BCUT2D eigenvalue weighted by Crippen LogP contribution is 2.43. The lowest BCUT2D eigenvalue weighted by molar-refractivity contribution is 0.104. The van der Waals surface area contributed by atoms with Crippen molar-refractivity contribution in [2.45, 2.75) is 30.8 Å². The maximum absolute atomic E-state index is 12.0. The second-order valence-electron chi connectivity index (χ2n) is 5.61. The van der Waals surface area contributed by atoms with Gasteiger partial charge in [-0.15, -0.1) is 0 Å². The van der Waals surface area contributed by atoms with Crippen molar-refractivity contribution in [3.8, 4) is 11.5 Å². The predicted octanol–water partition coefficient (Wildman–Crippen LogP) is 2.67. The van der Waals surface area contributed by atoms with E-state index >= 15 is 0 Å². The second kappa shape index (κ2) is 4.69. The smallest absolute Gasteiger partial charge is 0.410 e. The molecule has 1 saturated heterocycles. The second-order valence-corrected chi connectivity index (χ2v) is 5.61. The molecule has 21 heavy (non-hydrogen) atoms. The van der Waals surface area contributed by atoms with Gasteiger partial charge in [0.2, 0.25) is 6.79 Å². The minimum absolute atomic E-state index is 0.160. The number of fused-ring (bicyclic) bond motifs is 3. The molecule has 3 atom stereocenters. The zero-order valence-electron chi connectivity index (χ0n) is 11.8. The number of methoxy groups -OCH3 is 1. The van der Waals surface area contributed by atoms with Gasteiger partial charge in [0.05, 0.1) is 13.2 Å². The molecule has 4 rings (SSSR count). The number of carbonyl (C=O) groups excluding carboxylic acids is 1. The molecule has 5 heteroatoms. The van der Waals surface area contributed by atoms with Crippen molar-refractivity contribution in [3.05, 3.63) is 35.9 Å². The summed E-state index contributed by atoms with van der Waals surface area (Å²) in [4.78, 5) is 13.9. The minimum atomic E-state index is -0.238. The van der Waals surface area contributed by atoms with E-state index in [2.05, 4.69) is 18.2 Å². The van der Waals surface area contributed by atoms with Crippen LogP contribution in [-0.2, 0) is 4.74 Å². The van der Waals surface area contributed by atoms with Crippen LogP contribution in [0.4, 0.5) is 4.79 Å². The average Bonchev–Trinajstić information content (AvgIpc) is 3.09. The molecule has 1 fully saturated rings. The summed E-state index contributed by atoms with van der Waals surface area (Å²) in [6.07, 6.45) is 6.08. The molecule has 2 bridgehead atoms. The summed E-state index contributed by atoms with van der Waals surface area (Å²) in [6, 6.07) is 6.34. The molecule has 1 aromatic rings. The van der Waals surface area contributed by atoms with E-state index in [0.717, 1.165) is 29.9 Å². The number of benzene rings is 1. The van der Waals surface area contributed by atoms with Gasteiger partial charge >= 0.3 is 6.09 Å². The summed E-state index contributed by atoms with van der Waals surface area (Å²) in [7, 11) is 1.44. The zero-order chi connectivity index (χ0) is 14.4. The van der Waals surface area contributed by atoms with Crippen LogP contribution >= 0.6 is 0 Å². The minimum Gasteiger partial charge on any atom is -0.454 e. The van der Waals surface area contributed by atoms with Crippen LogP contribution in [0.15, 0.2) is 30.4 Å². The fourth-order valence-electron chi connectivity index (χ4n) is 3.61. The fraction of sp³-hybridized carbons (Fsp3) is 0.438. The number of hydrogen-bond donors (Lipinski definition) is 0. The van der Waals surface area contributed by atoms with Crippen LogP contribution in [-0.4, -0.2) is 37.0 Å². The fourth-order valence-corrected chi connectivity index (χ4v) is 3.61. The molecule has 0 unspecified atom stereocenters. The van der Waals surface area contributed by atoms with Crippen molar-refractivity contribution in [2.75, 3.05) is 13.9 Å². The summed E-state index contributed by atoms with van der Waals surface area (Å²) in [6.45, 7) is 0.277. The number of rotatable bonds is 1. The van der Waals surface area contributed by atoms with Crippen molar-refractivity contribution in [3.63, 3.8) is 0 Å². The Morgan fingerprint density at radius 1 is 1.24 bits per heavy atom. The molecule has 5 nitrogen and oxygen atoms in total. The Morgan fingerprint density at radius 3 is 2.95 bits per heavy atom. The number of hydrogen-bond acceptors (Lipinski definition) is 4. The van der Waals surface area contributed by atoms with Crippen LogP contribution in [0.3, 0.4) is 0 Å². The first-order valence-electron chi connectivity index (χ1n) is 7.22. The van der Waals surface area contributed by atoms with E-state index < -0.39 is 0 Å². The summed E-state index contributed by atoms with van der Waals surface area (Å²) in [5, 5.41) is 0. The molecule has 1 aromatic carbocycles. The van der Waals surface area contributed by atoms with Crippen molar-refractivity contribution >= 4 is 6.09 Å². The Hall–Kier alpha value is -2.17. The summed E-state index contributed by atoms with van der Waals surface area (Å²) >= 11 is 0. The number of ether oxygens (including phenoxy) is 3. The molecule has 0 radical (unpaired) electrons. The van der Waals surface area contributed by atoms with Gasteiger partial charge in [-0.25, -0.2) is 4.79 Å². The first-order valence-corrected chi connectivity index (χ1v) is 7.22. The summed E-state index contributed by atoms with van der Waals surface area (Å²) < 4.78 is 15.7. The van der Waals surface area contributed by atoms with E-state index in [1.807, 2.05) is 17.0 Å². The quantitative estimate of drug-likeness (QED) is 0.745. The molecule has 3 aliphatic rings. The van der Waals surface area contributed by atoms with Crippen LogP contribution < -0.4 is 9.47 Å². The van der Waals surface area contributed by atoms with Crippen molar-refractivity contribution in [2.24, 2.45) is 0 Å². The monoisotopic (exact) mass is 287 g/mol. The number of nitrogens with zero attached hydrogens (tertiary/aromatic N) is 1. The van der Waals surface area contributed by atoms with E-state index in [-0.39, 0.29) is 30.9 Å². The Bertz CT molecular complexity index is 612. The summed E-state index contributed by atoms with van der Waals surface area (Å²) in [5.41, 5.74) is 1.15. The average molecular weight is 287 g/mol. The Kier molecular flexibility index (Phi) is 2.80. The largest absolute Gasteiger partial charge is 0.454 e. The van der Waals surface area contributed by atoms with Gasteiger partial charge in [0.15, 0.2) is 11.5 Å². The van der Waals surface area contributed by atoms with E-state index in [1.54, 1.807) is 0 Å². The maximum atomic E-state index is 12.0. The lowest BCUT2D eigenvalue weighted by Gasteiger charge is -2.35. The van der Waals surface area contributed by atoms with Crippen molar-refractivity contribution in [1.29, 1.82) is 0 Å². The predicted molar refractivity (Wildman–Crippen MR) is 75.5 cm³/mol. The van der Waals surface area contributed by atoms with E-state index in [9.17, 15) is 4.79 Å². The SMILES string of the molecule is COC(=O)N1[C@H]2C=C[C@@H](c3ccc4c(c3)OCO4)[C@@H]1CC2. The topological polar surface area (TPSA) is 48.0 Å². The first kappa shape index (κ1) is 12.6. The van der Waals surface area contributed by atoms with E-state index in [4.69, 9.17) is 14.2 Å². The first-order chi connectivity index (χ1) is 10.3. The maximum Gasteiger partial charge on any atom is 0.410 e. The molecular formula is C16H17NO4. The van der Waals surface area contributed by atoms with Crippen LogP contribution in [0.1, 0.15) is 24.3 Å². The van der Waals surface area contributed by atoms with Gasteiger partial charge in [-0.2, -0.15) is 0 Å². The molecule has 0 N–H and O–H groups in total. The van der Waals surface area contributed by atoms with Crippen LogP contribution in [0, 0.1) is 0 Å². The lowest BCUT2D eigenvalue weighted by Crippen LogP contribution is -2.45. The van der Waals surface area contributed by atoms with Gasteiger partial charge in [0.25, 0.3) is 0 Å². The molecule has 0 aliphatic carbocycles. The number of amides is 1. The van der Waals surface area contributed by atoms with Gasteiger partial charge in [-0.3, -0.25) is 4.90 Å². The molecule has 1 amide bonds. The highest BCUT2D eigenvalue weighted by molar-refractivity contribution is 5.70. The van der Waals surface area contributed by atoms with Crippen molar-refractivity contribution in [1.82, 2.24) is 4.90 Å². The van der Waals surface area contributed by atoms with Gasteiger partial charge in [0, 0.05) is 12.0 Å². The Morgan fingerprint density at radius 2 is 2.10 bits per heavy atom. The third-order valence-electron chi connectivity index (χ3n) is 4.59. The van der Waals surface area contributed by atoms with Crippen LogP contribution in [0.2, 0.25) is 0 Å². The molecule has 3 aliphatic heterocycles. The van der Waals surface area contributed by atoms with Gasteiger partial charge in [0.1, 0.15) is 0 Å². The van der Waals surface area contributed by atoms with Crippen LogP contribution in [0.25, 0.3) is 0 Å². The molecule has 3 heterocycles. The Labute approximate surface area is 123 Å². The molecule has 110 valence electrons. The van der Waals surface area contributed by atoms with Gasteiger partial charge in [-0.05, 0) is 30.5 Å². The highest BCUT2D eigenvalue weighted by atomic mass is 16.7. The Balaban J connectivity index is 1.68. The molecule has 0 saturated carbocycles. The normalized spacial score (nSPS) is 28.8. The third-order valence-corrected chi connectivity index (χ3v) is 4.59. The van der Waals surface area contributed by atoms with E-state index in [1.165, 1.54) is 7.11 Å². The van der Waals surface area contributed by atoms with E-state index in [0.29, 0.717) is 0 Å². The van der Waals surface area contributed by atoms with Crippen molar-refractivity contribution < 1.29 is 19.0 Å². The van der Waals surface area contributed by atoms with Gasteiger partial charge in [-0.1, -0.05) is 18.2 Å². The van der Waals surface area contributed by atoms with Gasteiger partial charge < -0.3 is 14.2 Å². The highest BCUT2D eigenvalue weighted by Gasteiger charge is 2.43. The lowest BCUT2D eigenvalue weighted by atomic mass is 9.88. The molecular weight excluding hydrogens is 270 g/mol. The molecule has 0 aromatic heterocycles. The number of carbonyl (C=O) groups is 1. The molecule has 0 spiro atoms. The summed E-state index contributed by atoms with van der Waals surface area (Å²) in [5.74, 6) is 1.75. The zero-order valence-corrected chi connectivity index (χ0v) is 11.8. The third kappa shape index (κ3) is 1.87. The van der Waals surface area contributed by atoms with Crippen LogP contribution in [0.5, 0.6) is 11.5 Å².